The third-order valence-electron chi connectivity index (χ3n) is 3.95. The second-order valence-electron chi connectivity index (χ2n) is 5.84. The number of aryl methyl sites for hydroxylation is 1. The van der Waals surface area contributed by atoms with Gasteiger partial charge in [-0.1, -0.05) is 17.7 Å². The van der Waals surface area contributed by atoms with Crippen molar-refractivity contribution in [2.24, 2.45) is 0 Å². The fraction of sp³-hybridized carbons (Fsp3) is 0.471. The highest BCUT2D eigenvalue weighted by Crippen LogP contribution is 2.26. The zero-order valence-corrected chi connectivity index (χ0v) is 14.2. The zero-order chi connectivity index (χ0) is 17.7. The van der Waals surface area contributed by atoms with Crippen LogP contribution < -0.4 is 15.4 Å². The van der Waals surface area contributed by atoms with Gasteiger partial charge in [-0.15, -0.1) is 0 Å². The summed E-state index contributed by atoms with van der Waals surface area (Å²) in [5.41, 5.74) is 2.01. The molecule has 1 atom stereocenters. The predicted octanol–water partition coefficient (Wildman–Crippen LogP) is 1.51. The topological polar surface area (TPSA) is 87.7 Å². The number of imide groups is 1. The molecule has 0 aromatic heterocycles. The minimum absolute atomic E-state index is 0.0369. The van der Waals surface area contributed by atoms with Crippen LogP contribution in [0, 0.1) is 6.92 Å². The molecular weight excluding hydrogens is 310 g/mol. The van der Waals surface area contributed by atoms with Gasteiger partial charge in [0.1, 0.15) is 5.75 Å². The summed E-state index contributed by atoms with van der Waals surface area (Å²) in [7, 11) is 1.60. The van der Waals surface area contributed by atoms with Crippen molar-refractivity contribution in [1.29, 1.82) is 0 Å². The third-order valence-corrected chi connectivity index (χ3v) is 3.95. The average molecular weight is 333 g/mol. The van der Waals surface area contributed by atoms with E-state index in [0.717, 1.165) is 21.8 Å². The highest BCUT2D eigenvalue weighted by atomic mass is 16.5. The minimum Gasteiger partial charge on any atom is -0.496 e. The van der Waals surface area contributed by atoms with Crippen molar-refractivity contribution in [1.82, 2.24) is 15.5 Å². The van der Waals surface area contributed by atoms with Crippen LogP contribution in [0.15, 0.2) is 18.2 Å². The molecule has 130 valence electrons. The molecule has 0 bridgehead atoms. The van der Waals surface area contributed by atoms with Crippen LogP contribution in [0.25, 0.3) is 0 Å². The molecule has 7 nitrogen and oxygen atoms in total. The summed E-state index contributed by atoms with van der Waals surface area (Å²) in [6.07, 6.45) is 0.679. The van der Waals surface area contributed by atoms with Gasteiger partial charge in [0.05, 0.1) is 19.7 Å². The van der Waals surface area contributed by atoms with Gasteiger partial charge in [0, 0.05) is 18.5 Å². The van der Waals surface area contributed by atoms with Crippen molar-refractivity contribution < 1.29 is 19.1 Å². The Morgan fingerprint density at radius 2 is 2.17 bits per heavy atom. The Balaban J connectivity index is 1.85. The third kappa shape index (κ3) is 4.24. The molecule has 0 saturated carbocycles. The summed E-state index contributed by atoms with van der Waals surface area (Å²) < 4.78 is 5.34. The van der Waals surface area contributed by atoms with Crippen molar-refractivity contribution >= 4 is 17.8 Å². The van der Waals surface area contributed by atoms with Crippen LogP contribution in [0.2, 0.25) is 0 Å². The summed E-state index contributed by atoms with van der Waals surface area (Å²) >= 11 is 0. The molecule has 0 aliphatic carbocycles. The summed E-state index contributed by atoms with van der Waals surface area (Å²) in [6.45, 7) is 4.16. The molecule has 1 fully saturated rings. The van der Waals surface area contributed by atoms with Crippen LogP contribution in [0.3, 0.4) is 0 Å². The Morgan fingerprint density at radius 3 is 2.79 bits per heavy atom. The number of benzene rings is 1. The predicted molar refractivity (Wildman–Crippen MR) is 88.6 cm³/mol. The van der Waals surface area contributed by atoms with Gasteiger partial charge in [-0.2, -0.15) is 0 Å². The Morgan fingerprint density at radius 1 is 1.42 bits per heavy atom. The van der Waals surface area contributed by atoms with Gasteiger partial charge >= 0.3 is 6.03 Å². The van der Waals surface area contributed by atoms with E-state index < -0.39 is 6.03 Å². The molecule has 7 heteroatoms. The van der Waals surface area contributed by atoms with E-state index in [0.29, 0.717) is 6.42 Å². The number of carbonyl (C=O) groups is 3. The number of nitrogens with one attached hydrogen (secondary N) is 2. The maximum Gasteiger partial charge on any atom is 0.324 e. The molecule has 0 radical (unpaired) electrons. The largest absolute Gasteiger partial charge is 0.496 e. The van der Waals surface area contributed by atoms with Gasteiger partial charge in [0.25, 0.3) is 0 Å². The first-order chi connectivity index (χ1) is 11.4. The number of methoxy groups -OCH3 is 1. The Bertz CT molecular complexity index is 629. The number of rotatable bonds is 7. The Hall–Kier alpha value is -2.57. The average Bonchev–Trinajstić information content (AvgIpc) is 2.86. The number of nitrogens with zero attached hydrogens (tertiary/aromatic N) is 1. The summed E-state index contributed by atoms with van der Waals surface area (Å²) in [5, 5.41) is 5.38. The zero-order valence-electron chi connectivity index (χ0n) is 14.2. The molecule has 1 saturated heterocycles. The highest BCUT2D eigenvalue weighted by Gasteiger charge is 2.27. The minimum atomic E-state index is -0.390. The first kappa shape index (κ1) is 17.8. The number of hydrogen-bond acceptors (Lipinski definition) is 4. The van der Waals surface area contributed by atoms with Crippen LogP contribution in [0.5, 0.6) is 5.75 Å². The summed E-state index contributed by atoms with van der Waals surface area (Å²) in [4.78, 5) is 36.1. The molecule has 2 N–H and O–H groups in total. The van der Waals surface area contributed by atoms with E-state index in [1.165, 1.54) is 0 Å². The van der Waals surface area contributed by atoms with E-state index >= 15 is 0 Å². The lowest BCUT2D eigenvalue weighted by Gasteiger charge is -2.18. The fourth-order valence-corrected chi connectivity index (χ4v) is 2.66. The monoisotopic (exact) mass is 333 g/mol. The van der Waals surface area contributed by atoms with Gasteiger partial charge in [-0.3, -0.25) is 14.5 Å². The van der Waals surface area contributed by atoms with Crippen molar-refractivity contribution in [2.75, 3.05) is 20.2 Å². The second kappa shape index (κ2) is 7.81. The lowest BCUT2D eigenvalue weighted by Crippen LogP contribution is -2.33. The highest BCUT2D eigenvalue weighted by molar-refractivity contribution is 6.01. The molecule has 1 aliphatic heterocycles. The van der Waals surface area contributed by atoms with Crippen LogP contribution in [0.1, 0.15) is 36.9 Å². The maximum atomic E-state index is 12.1. The molecule has 24 heavy (non-hydrogen) atoms. The van der Waals surface area contributed by atoms with E-state index in [1.54, 1.807) is 7.11 Å². The molecule has 4 amide bonds. The molecular formula is C17H23N3O4. The van der Waals surface area contributed by atoms with Gasteiger partial charge in [-0.05, 0) is 26.3 Å². The molecule has 0 spiro atoms. The number of urea groups is 1. The fourth-order valence-electron chi connectivity index (χ4n) is 2.66. The number of carbonyl (C=O) groups excluding carboxylic acids is 3. The molecule has 2 rings (SSSR count). The van der Waals surface area contributed by atoms with Crippen molar-refractivity contribution in [2.45, 2.75) is 32.7 Å². The van der Waals surface area contributed by atoms with Crippen molar-refractivity contribution in [3.8, 4) is 5.75 Å². The van der Waals surface area contributed by atoms with E-state index in [2.05, 4.69) is 10.6 Å². The number of hydrogen-bond donors (Lipinski definition) is 2. The lowest BCUT2D eigenvalue weighted by atomic mass is 10.0. The molecule has 0 unspecified atom stereocenters. The second-order valence-corrected chi connectivity index (χ2v) is 5.84. The van der Waals surface area contributed by atoms with Gasteiger partial charge in [0.15, 0.2) is 0 Å². The first-order valence-electron chi connectivity index (χ1n) is 7.94. The molecule has 1 heterocycles. The first-order valence-corrected chi connectivity index (χ1v) is 7.94. The van der Waals surface area contributed by atoms with Crippen molar-refractivity contribution in [3.05, 3.63) is 29.3 Å². The summed E-state index contributed by atoms with van der Waals surface area (Å²) in [6, 6.07) is 5.24. The number of amides is 4. The smallest absolute Gasteiger partial charge is 0.324 e. The normalized spacial score (nSPS) is 15.2. The molecule has 1 aromatic carbocycles. The number of ether oxygens (including phenoxy) is 1. The van der Waals surface area contributed by atoms with Crippen LogP contribution >= 0.6 is 0 Å². The maximum absolute atomic E-state index is 12.1. The molecule has 1 aromatic rings. The van der Waals surface area contributed by atoms with E-state index in [4.69, 9.17) is 4.74 Å². The van der Waals surface area contributed by atoms with Gasteiger partial charge in [-0.25, -0.2) is 4.79 Å². The van der Waals surface area contributed by atoms with E-state index in [9.17, 15) is 14.4 Å². The van der Waals surface area contributed by atoms with Crippen LogP contribution in [-0.4, -0.2) is 42.9 Å². The summed E-state index contributed by atoms with van der Waals surface area (Å²) in [5.74, 6) is 0.351. The lowest BCUT2D eigenvalue weighted by molar-refractivity contribution is -0.126. The molecule has 1 aliphatic rings. The van der Waals surface area contributed by atoms with Crippen LogP contribution in [0.4, 0.5) is 4.79 Å². The van der Waals surface area contributed by atoms with Gasteiger partial charge in [0.2, 0.25) is 11.8 Å². The van der Waals surface area contributed by atoms with Crippen LogP contribution in [-0.2, 0) is 9.59 Å². The van der Waals surface area contributed by atoms with E-state index in [1.807, 2.05) is 32.0 Å². The van der Waals surface area contributed by atoms with Crippen molar-refractivity contribution in [3.63, 3.8) is 0 Å². The quantitative estimate of drug-likeness (QED) is 0.741. The Labute approximate surface area is 141 Å². The Kier molecular flexibility index (Phi) is 5.78. The SMILES string of the molecule is COc1ccc(C)cc1[C@@H](C)NC(=O)CCCN1C(=O)CNC1=O. The van der Waals surface area contributed by atoms with E-state index in [-0.39, 0.29) is 37.4 Å². The van der Waals surface area contributed by atoms with Gasteiger partial charge < -0.3 is 15.4 Å². The standard InChI is InChI=1S/C17H23N3O4/c1-11-6-7-14(24-3)13(9-11)12(2)19-15(21)5-4-8-20-16(22)10-18-17(20)23/h6-7,9,12H,4-5,8,10H2,1-3H3,(H,18,23)(H,19,21)/t12-/m1/s1.